The highest BCUT2D eigenvalue weighted by molar-refractivity contribution is 5.97. The fourth-order valence-corrected chi connectivity index (χ4v) is 6.11. The number of likely N-dealkylation sites (tertiary alicyclic amines) is 1. The molecule has 1 atom stereocenters. The van der Waals surface area contributed by atoms with Crippen LogP contribution in [0.5, 0.6) is 11.5 Å². The van der Waals surface area contributed by atoms with E-state index >= 15 is 0 Å². The van der Waals surface area contributed by atoms with Gasteiger partial charge in [-0.2, -0.15) is 0 Å². The quantitative estimate of drug-likeness (QED) is 0.364. The van der Waals surface area contributed by atoms with Crippen molar-refractivity contribution >= 4 is 11.9 Å². The lowest BCUT2D eigenvalue weighted by Gasteiger charge is -2.39. The number of hydrogen-bond donors (Lipinski definition) is 4. The topological polar surface area (TPSA) is 110 Å². The second kappa shape index (κ2) is 11.6. The molecule has 1 aliphatic carbocycles. The number of phenols is 2. The Bertz CT molecular complexity index is 886. The Kier molecular flexibility index (Phi) is 9.08. The van der Waals surface area contributed by atoms with E-state index in [1.54, 1.807) is 11.0 Å². The summed E-state index contributed by atoms with van der Waals surface area (Å²) in [4.78, 5) is 27.3. The highest BCUT2D eigenvalue weighted by atomic mass is 16.4. The van der Waals surface area contributed by atoms with Crippen molar-refractivity contribution in [2.75, 3.05) is 19.6 Å². The number of phenolic OH excluding ortho intramolecular Hbond substituents is 2. The van der Waals surface area contributed by atoms with Gasteiger partial charge in [0, 0.05) is 19.2 Å². The van der Waals surface area contributed by atoms with E-state index in [0.29, 0.717) is 43.5 Å². The number of piperidine rings is 1. The van der Waals surface area contributed by atoms with Crippen molar-refractivity contribution in [3.8, 4) is 11.5 Å². The zero-order valence-electron chi connectivity index (χ0n) is 21.8. The molecule has 2 fully saturated rings. The fraction of sp³-hybridized carbons (Fsp3) is 0.714. The lowest BCUT2D eigenvalue weighted by atomic mass is 9.76. The lowest BCUT2D eigenvalue weighted by molar-refractivity contribution is -0.148. The summed E-state index contributed by atoms with van der Waals surface area (Å²) in [6.07, 6.45) is 7.44. The molecule has 1 saturated carbocycles. The van der Waals surface area contributed by atoms with Crippen molar-refractivity contribution in [3.63, 3.8) is 0 Å². The van der Waals surface area contributed by atoms with Crippen molar-refractivity contribution in [2.24, 2.45) is 17.8 Å². The Morgan fingerprint density at radius 2 is 1.66 bits per heavy atom. The van der Waals surface area contributed by atoms with E-state index in [1.165, 1.54) is 6.07 Å². The summed E-state index contributed by atoms with van der Waals surface area (Å²) >= 11 is 0. The summed E-state index contributed by atoms with van der Waals surface area (Å²) < 4.78 is 0. The maximum atomic E-state index is 13.1. The zero-order valence-corrected chi connectivity index (χ0v) is 21.8. The molecule has 3 rings (SSSR count). The Balaban J connectivity index is 1.57. The molecule has 0 radical (unpaired) electrons. The molecule has 1 aromatic rings. The molecule has 0 aromatic heterocycles. The van der Waals surface area contributed by atoms with Gasteiger partial charge in [-0.3, -0.25) is 9.59 Å². The zero-order chi connectivity index (χ0) is 25.8. The van der Waals surface area contributed by atoms with Gasteiger partial charge in [-0.25, -0.2) is 0 Å². The van der Waals surface area contributed by atoms with Gasteiger partial charge in [0.25, 0.3) is 5.91 Å². The number of carboxylic acids is 1. The van der Waals surface area contributed by atoms with Crippen molar-refractivity contribution in [3.05, 3.63) is 23.3 Å². The molecule has 1 aliphatic heterocycles. The first-order valence-corrected chi connectivity index (χ1v) is 13.4. The van der Waals surface area contributed by atoms with Gasteiger partial charge in [-0.15, -0.1) is 0 Å². The largest absolute Gasteiger partial charge is 0.508 e. The number of carboxylic acid groups (broad SMARTS) is 1. The number of benzene rings is 1. The van der Waals surface area contributed by atoms with Crippen LogP contribution in [-0.4, -0.2) is 57.3 Å². The molecular formula is C28H44N2O5. The summed E-state index contributed by atoms with van der Waals surface area (Å²) in [6, 6.07) is 2.87. The van der Waals surface area contributed by atoms with E-state index in [9.17, 15) is 24.9 Å². The predicted molar refractivity (Wildman–Crippen MR) is 137 cm³/mol. The molecule has 1 aromatic carbocycles. The number of aliphatic carboxylic acids is 1. The van der Waals surface area contributed by atoms with Gasteiger partial charge >= 0.3 is 5.97 Å². The summed E-state index contributed by atoms with van der Waals surface area (Å²) in [6.45, 7) is 9.96. The standard InChI is InChI=1S/C28H44N2O5/c1-18(2)17-28(27(34)35,21-7-5-6-8-21)29-12-9-20-10-13-30(14-11-20)26(33)23-15-22(19(3)4)24(31)16-25(23)32/h15-16,18-21,29,31-32H,5-14,17H2,1-4H3,(H,34,35)/t28-/m0/s1. The first kappa shape index (κ1) is 27.3. The molecule has 7 nitrogen and oxygen atoms in total. The Morgan fingerprint density at radius 1 is 1.03 bits per heavy atom. The van der Waals surface area contributed by atoms with Gasteiger partial charge in [0.05, 0.1) is 5.56 Å². The number of amides is 1. The van der Waals surface area contributed by atoms with Gasteiger partial charge in [0.15, 0.2) is 0 Å². The molecule has 0 spiro atoms. The lowest BCUT2D eigenvalue weighted by Crippen LogP contribution is -2.58. The van der Waals surface area contributed by atoms with Crippen LogP contribution in [0.25, 0.3) is 0 Å². The van der Waals surface area contributed by atoms with Gasteiger partial charge < -0.3 is 25.5 Å². The predicted octanol–water partition coefficient (Wildman–Crippen LogP) is 5.11. The Hall–Kier alpha value is -2.28. The van der Waals surface area contributed by atoms with E-state index in [2.05, 4.69) is 19.2 Å². The van der Waals surface area contributed by atoms with E-state index in [1.807, 2.05) is 13.8 Å². The first-order chi connectivity index (χ1) is 16.5. The number of nitrogens with zero attached hydrogens (tertiary/aromatic N) is 1. The molecule has 1 heterocycles. The molecule has 196 valence electrons. The number of aromatic hydroxyl groups is 2. The highest BCUT2D eigenvalue weighted by Gasteiger charge is 2.46. The third kappa shape index (κ3) is 6.29. The molecule has 4 N–H and O–H groups in total. The van der Waals surface area contributed by atoms with Crippen LogP contribution in [0.3, 0.4) is 0 Å². The smallest absolute Gasteiger partial charge is 0.324 e. The van der Waals surface area contributed by atoms with Crippen molar-refractivity contribution in [1.82, 2.24) is 10.2 Å². The molecular weight excluding hydrogens is 444 g/mol. The van der Waals surface area contributed by atoms with Gasteiger partial charge in [0.2, 0.25) is 0 Å². The van der Waals surface area contributed by atoms with Crippen LogP contribution < -0.4 is 5.32 Å². The second-order valence-corrected chi connectivity index (χ2v) is 11.4. The van der Waals surface area contributed by atoms with Crippen LogP contribution in [0, 0.1) is 17.8 Å². The van der Waals surface area contributed by atoms with Crippen molar-refractivity contribution < 1.29 is 24.9 Å². The van der Waals surface area contributed by atoms with Crippen LogP contribution in [0.2, 0.25) is 0 Å². The minimum atomic E-state index is -0.841. The van der Waals surface area contributed by atoms with Crippen LogP contribution in [0.4, 0.5) is 0 Å². The van der Waals surface area contributed by atoms with Gasteiger partial charge in [-0.1, -0.05) is 40.5 Å². The second-order valence-electron chi connectivity index (χ2n) is 11.4. The number of carbonyl (C=O) groups is 2. The first-order valence-electron chi connectivity index (χ1n) is 13.4. The van der Waals surface area contributed by atoms with Gasteiger partial charge in [-0.05, 0) is 80.4 Å². The monoisotopic (exact) mass is 488 g/mol. The van der Waals surface area contributed by atoms with E-state index in [4.69, 9.17) is 0 Å². The summed E-state index contributed by atoms with van der Waals surface area (Å²) in [5, 5.41) is 34.1. The van der Waals surface area contributed by atoms with E-state index < -0.39 is 11.5 Å². The molecule has 35 heavy (non-hydrogen) atoms. The molecule has 1 saturated heterocycles. The molecule has 0 bridgehead atoms. The fourth-order valence-electron chi connectivity index (χ4n) is 6.11. The number of carbonyl (C=O) groups excluding carboxylic acids is 1. The molecule has 7 heteroatoms. The van der Waals surface area contributed by atoms with Crippen LogP contribution in [-0.2, 0) is 4.79 Å². The van der Waals surface area contributed by atoms with Gasteiger partial charge in [0.1, 0.15) is 17.0 Å². The third-order valence-electron chi connectivity index (χ3n) is 8.06. The van der Waals surface area contributed by atoms with E-state index in [0.717, 1.165) is 44.9 Å². The van der Waals surface area contributed by atoms with Crippen LogP contribution in [0.15, 0.2) is 12.1 Å². The van der Waals surface area contributed by atoms with Crippen molar-refractivity contribution in [1.29, 1.82) is 0 Å². The van der Waals surface area contributed by atoms with Crippen molar-refractivity contribution in [2.45, 2.75) is 90.5 Å². The minimum absolute atomic E-state index is 0.00719. The maximum absolute atomic E-state index is 13.1. The SMILES string of the molecule is CC(C)C[C@@](NCCC1CCN(C(=O)c2cc(C(C)C)c(O)cc2O)CC1)(C(=O)O)C1CCCC1. The number of rotatable bonds is 10. The number of hydrogen-bond acceptors (Lipinski definition) is 5. The third-order valence-corrected chi connectivity index (χ3v) is 8.06. The molecule has 1 amide bonds. The Morgan fingerprint density at radius 3 is 2.20 bits per heavy atom. The highest BCUT2D eigenvalue weighted by Crippen LogP contribution is 2.38. The summed E-state index contributed by atoms with van der Waals surface area (Å²) in [5.41, 5.74) is 0.0482. The maximum Gasteiger partial charge on any atom is 0.324 e. The number of nitrogens with one attached hydrogen (secondary N) is 1. The molecule has 2 aliphatic rings. The normalized spacial score (nSPS) is 19.4. The summed E-state index contributed by atoms with van der Waals surface area (Å²) in [5.74, 6) is -0.134. The van der Waals surface area contributed by atoms with Crippen LogP contribution in [0.1, 0.15) is 101 Å². The van der Waals surface area contributed by atoms with Crippen LogP contribution >= 0.6 is 0 Å². The van der Waals surface area contributed by atoms with E-state index in [-0.39, 0.29) is 34.8 Å². The average molecular weight is 489 g/mol. The molecule has 0 unspecified atom stereocenters. The average Bonchev–Trinajstić information content (AvgIpc) is 3.33. The summed E-state index contributed by atoms with van der Waals surface area (Å²) in [7, 11) is 0. The minimum Gasteiger partial charge on any atom is -0.508 e. The Labute approximate surface area is 209 Å².